The Morgan fingerprint density at radius 1 is 1.44 bits per heavy atom. The summed E-state index contributed by atoms with van der Waals surface area (Å²) in [5.74, 6) is -0.224. The first-order chi connectivity index (χ1) is 7.43. The number of carbonyl (C=O) groups is 1. The van der Waals surface area contributed by atoms with Gasteiger partial charge in [0.05, 0.1) is 0 Å². The third-order valence-corrected chi connectivity index (χ3v) is 3.05. The number of amides is 1. The Kier molecular flexibility index (Phi) is 2.56. The molecule has 1 aromatic rings. The predicted octanol–water partition coefficient (Wildman–Crippen LogP) is 1.65. The summed E-state index contributed by atoms with van der Waals surface area (Å²) in [4.78, 5) is 15.8. The lowest BCUT2D eigenvalue weighted by Crippen LogP contribution is -2.37. The minimum absolute atomic E-state index is 0.0866. The molecule has 1 aliphatic rings. The quantitative estimate of drug-likeness (QED) is 0.804. The molecular formula is C10H9Cl2N3O. The number of nitrogens with zero attached hydrogens (tertiary/aromatic N) is 1. The highest BCUT2D eigenvalue weighted by Gasteiger charge is 2.41. The maximum atomic E-state index is 11.8. The van der Waals surface area contributed by atoms with Crippen LogP contribution >= 0.6 is 23.2 Å². The zero-order valence-electron chi connectivity index (χ0n) is 8.42. The summed E-state index contributed by atoms with van der Waals surface area (Å²) in [6.45, 7) is 1.64. The third kappa shape index (κ3) is 1.64. The summed E-state index contributed by atoms with van der Waals surface area (Å²) in [6.07, 6.45) is 0. The molecule has 1 unspecified atom stereocenters. The zero-order valence-corrected chi connectivity index (χ0v) is 9.93. The summed E-state index contributed by atoms with van der Waals surface area (Å²) in [7, 11) is 0. The SMILES string of the molecule is CC1(c2cc(Cl)ccc2Cl)N=C(N)NC1=O. The van der Waals surface area contributed by atoms with E-state index < -0.39 is 5.54 Å². The lowest BCUT2D eigenvalue weighted by atomic mass is 9.92. The first kappa shape index (κ1) is 11.2. The predicted molar refractivity (Wildman–Crippen MR) is 63.6 cm³/mol. The maximum absolute atomic E-state index is 11.8. The van der Waals surface area contributed by atoms with Crippen LogP contribution in [0.5, 0.6) is 0 Å². The maximum Gasteiger partial charge on any atom is 0.259 e. The Hall–Kier alpha value is -1.26. The van der Waals surface area contributed by atoms with Crippen LogP contribution in [0.25, 0.3) is 0 Å². The minimum Gasteiger partial charge on any atom is -0.370 e. The lowest BCUT2D eigenvalue weighted by molar-refractivity contribution is -0.123. The highest BCUT2D eigenvalue weighted by atomic mass is 35.5. The van der Waals surface area contributed by atoms with Crippen LogP contribution in [-0.2, 0) is 10.3 Å². The number of aliphatic imine (C=N–C) groups is 1. The van der Waals surface area contributed by atoms with Crippen LogP contribution in [0.3, 0.4) is 0 Å². The number of guanidine groups is 1. The molecule has 0 radical (unpaired) electrons. The molecule has 0 saturated carbocycles. The topological polar surface area (TPSA) is 67.5 Å². The van der Waals surface area contributed by atoms with Crippen molar-refractivity contribution in [2.45, 2.75) is 12.5 Å². The summed E-state index contributed by atoms with van der Waals surface area (Å²) >= 11 is 11.9. The first-order valence-corrected chi connectivity index (χ1v) is 5.31. The van der Waals surface area contributed by atoms with E-state index in [1.54, 1.807) is 25.1 Å². The molecule has 2 rings (SSSR count). The van der Waals surface area contributed by atoms with Crippen LogP contribution in [0, 0.1) is 0 Å². The number of nitrogens with two attached hydrogens (primary N) is 1. The molecule has 1 amide bonds. The average Bonchev–Trinajstić information content (AvgIpc) is 2.46. The second-order valence-electron chi connectivity index (χ2n) is 3.65. The van der Waals surface area contributed by atoms with Crippen LogP contribution in [0.2, 0.25) is 10.0 Å². The van der Waals surface area contributed by atoms with Gasteiger partial charge in [0.2, 0.25) is 0 Å². The molecule has 84 valence electrons. The highest BCUT2D eigenvalue weighted by molar-refractivity contribution is 6.34. The standard InChI is InChI=1S/C10H9Cl2N3O/c1-10(8(16)14-9(13)15-10)6-4-5(11)2-3-7(6)12/h2-4H,1H3,(H3,13,14,15,16). The Morgan fingerprint density at radius 3 is 2.69 bits per heavy atom. The Morgan fingerprint density at radius 2 is 2.12 bits per heavy atom. The van der Waals surface area contributed by atoms with Crippen LogP contribution in [0.1, 0.15) is 12.5 Å². The van der Waals surface area contributed by atoms with Gasteiger partial charge in [-0.3, -0.25) is 10.1 Å². The van der Waals surface area contributed by atoms with E-state index in [9.17, 15) is 4.79 Å². The van der Waals surface area contributed by atoms with Gasteiger partial charge in [0.1, 0.15) is 0 Å². The second kappa shape index (κ2) is 3.64. The summed E-state index contributed by atoms with van der Waals surface area (Å²) in [6, 6.07) is 4.89. The number of halogens is 2. The summed E-state index contributed by atoms with van der Waals surface area (Å²) in [5.41, 5.74) is 4.90. The first-order valence-electron chi connectivity index (χ1n) is 4.56. The van der Waals surface area contributed by atoms with E-state index in [0.29, 0.717) is 15.6 Å². The van der Waals surface area contributed by atoms with E-state index in [-0.39, 0.29) is 11.9 Å². The van der Waals surface area contributed by atoms with Crippen molar-refractivity contribution in [3.63, 3.8) is 0 Å². The normalized spacial score (nSPS) is 24.2. The van der Waals surface area contributed by atoms with Gasteiger partial charge in [-0.1, -0.05) is 23.2 Å². The van der Waals surface area contributed by atoms with Crippen LogP contribution < -0.4 is 11.1 Å². The molecule has 0 bridgehead atoms. The van der Waals surface area contributed by atoms with Crippen molar-refractivity contribution in [2.24, 2.45) is 10.7 Å². The number of rotatable bonds is 1. The average molecular weight is 258 g/mol. The van der Waals surface area contributed by atoms with E-state index in [1.807, 2.05) is 0 Å². The minimum atomic E-state index is -1.11. The number of hydrogen-bond acceptors (Lipinski definition) is 3. The molecule has 0 aromatic heterocycles. The van der Waals surface area contributed by atoms with E-state index >= 15 is 0 Å². The number of benzene rings is 1. The van der Waals surface area contributed by atoms with Crippen molar-refractivity contribution in [1.82, 2.24) is 5.32 Å². The fourth-order valence-electron chi connectivity index (χ4n) is 1.61. The van der Waals surface area contributed by atoms with Crippen LogP contribution in [0.4, 0.5) is 0 Å². The second-order valence-corrected chi connectivity index (χ2v) is 4.49. The third-order valence-electron chi connectivity index (χ3n) is 2.48. The van der Waals surface area contributed by atoms with Gasteiger partial charge in [-0.15, -0.1) is 0 Å². The number of nitrogens with one attached hydrogen (secondary N) is 1. The largest absolute Gasteiger partial charge is 0.370 e. The lowest BCUT2D eigenvalue weighted by Gasteiger charge is -2.19. The molecule has 1 aromatic carbocycles. The molecule has 16 heavy (non-hydrogen) atoms. The van der Waals surface area contributed by atoms with Gasteiger partial charge in [-0.25, -0.2) is 4.99 Å². The molecule has 6 heteroatoms. The van der Waals surface area contributed by atoms with E-state index in [0.717, 1.165) is 0 Å². The molecule has 4 nitrogen and oxygen atoms in total. The molecule has 1 atom stereocenters. The molecule has 3 N–H and O–H groups in total. The van der Waals surface area contributed by atoms with Crippen molar-refractivity contribution in [1.29, 1.82) is 0 Å². The fraction of sp³-hybridized carbons (Fsp3) is 0.200. The Bertz CT molecular complexity index is 501. The summed E-state index contributed by atoms with van der Waals surface area (Å²) in [5, 5.41) is 3.37. The number of hydrogen-bond donors (Lipinski definition) is 2. The van der Waals surface area contributed by atoms with Gasteiger partial charge in [0, 0.05) is 15.6 Å². The summed E-state index contributed by atoms with van der Waals surface area (Å²) < 4.78 is 0. The fourth-order valence-corrected chi connectivity index (χ4v) is 2.08. The molecule has 0 aliphatic carbocycles. The van der Waals surface area contributed by atoms with Crippen molar-refractivity contribution in [2.75, 3.05) is 0 Å². The molecule has 0 spiro atoms. The van der Waals surface area contributed by atoms with Crippen LogP contribution in [0.15, 0.2) is 23.2 Å². The number of carbonyl (C=O) groups excluding carboxylic acids is 1. The van der Waals surface area contributed by atoms with Gasteiger partial charge >= 0.3 is 0 Å². The van der Waals surface area contributed by atoms with Gasteiger partial charge in [-0.05, 0) is 25.1 Å². The smallest absolute Gasteiger partial charge is 0.259 e. The van der Waals surface area contributed by atoms with Gasteiger partial charge in [0.15, 0.2) is 11.5 Å². The molecule has 1 heterocycles. The van der Waals surface area contributed by atoms with Crippen molar-refractivity contribution in [3.8, 4) is 0 Å². The Labute approximate surface area is 102 Å². The van der Waals surface area contributed by atoms with Gasteiger partial charge < -0.3 is 5.73 Å². The van der Waals surface area contributed by atoms with E-state index in [2.05, 4.69) is 10.3 Å². The molecule has 0 saturated heterocycles. The van der Waals surface area contributed by atoms with Crippen LogP contribution in [-0.4, -0.2) is 11.9 Å². The van der Waals surface area contributed by atoms with Crippen molar-refractivity contribution in [3.05, 3.63) is 33.8 Å². The van der Waals surface area contributed by atoms with Crippen molar-refractivity contribution < 1.29 is 4.79 Å². The molecule has 1 aliphatic heterocycles. The van der Waals surface area contributed by atoms with Gasteiger partial charge in [0.25, 0.3) is 5.91 Å². The molecule has 0 fully saturated rings. The van der Waals surface area contributed by atoms with Gasteiger partial charge in [-0.2, -0.15) is 0 Å². The Balaban J connectivity index is 2.59. The monoisotopic (exact) mass is 257 g/mol. The van der Waals surface area contributed by atoms with E-state index in [1.165, 1.54) is 0 Å². The highest BCUT2D eigenvalue weighted by Crippen LogP contribution is 2.35. The van der Waals surface area contributed by atoms with E-state index in [4.69, 9.17) is 28.9 Å². The molecular weight excluding hydrogens is 249 g/mol. The zero-order chi connectivity index (χ0) is 11.9. The van der Waals surface area contributed by atoms with Crippen molar-refractivity contribution >= 4 is 35.1 Å².